The van der Waals surface area contributed by atoms with Crippen LogP contribution < -0.4 is 19.6 Å². The molecular weight excluding hydrogens is 444 g/mol. The zero-order valence-electron chi connectivity index (χ0n) is 17.1. The topological polar surface area (TPSA) is 57.9 Å². The molecule has 0 atom stereocenters. The number of hydrogen-bond acceptors (Lipinski definition) is 5. The van der Waals surface area contributed by atoms with Crippen molar-refractivity contribution in [3.05, 3.63) is 94.1 Å². The molecule has 4 aromatic rings. The van der Waals surface area contributed by atoms with Gasteiger partial charge in [0.25, 0.3) is 5.76 Å². The van der Waals surface area contributed by atoms with E-state index in [1.165, 1.54) is 73.8 Å². The van der Waals surface area contributed by atoms with Gasteiger partial charge in [-0.05, 0) is 54.1 Å². The molecular formula is C24H16F4O5. The molecule has 5 nitrogen and oxygen atoms in total. The van der Waals surface area contributed by atoms with Crippen molar-refractivity contribution < 1.29 is 36.2 Å². The first-order valence-corrected chi connectivity index (χ1v) is 9.62. The standard InChI is InChI=1S/C24H16F4O5/c1-30-16-6-8-17(9-7-16)32-22-21(29)19-11-10-18(12-20(19)33-23(22)24(26,27)28)31-13-14-2-4-15(25)5-3-14/h2-12H,13H2,1H3. The summed E-state index contributed by atoms with van der Waals surface area (Å²) in [4.78, 5) is 12.9. The van der Waals surface area contributed by atoms with Gasteiger partial charge in [0.2, 0.25) is 11.2 Å². The third-order valence-corrected chi connectivity index (χ3v) is 4.68. The zero-order valence-corrected chi connectivity index (χ0v) is 17.1. The Labute approximate surface area is 184 Å². The normalized spacial score (nSPS) is 11.4. The van der Waals surface area contributed by atoms with E-state index in [1.54, 1.807) is 0 Å². The van der Waals surface area contributed by atoms with Crippen molar-refractivity contribution in [3.63, 3.8) is 0 Å². The molecule has 0 bridgehead atoms. The van der Waals surface area contributed by atoms with E-state index < -0.39 is 28.9 Å². The number of fused-ring (bicyclic) bond motifs is 1. The Morgan fingerprint density at radius 1 is 0.879 bits per heavy atom. The molecule has 0 radical (unpaired) electrons. The van der Waals surface area contributed by atoms with Crippen molar-refractivity contribution in [2.45, 2.75) is 12.8 Å². The Morgan fingerprint density at radius 2 is 1.52 bits per heavy atom. The van der Waals surface area contributed by atoms with E-state index in [2.05, 4.69) is 0 Å². The molecule has 33 heavy (non-hydrogen) atoms. The van der Waals surface area contributed by atoms with Crippen LogP contribution in [0.25, 0.3) is 11.0 Å². The van der Waals surface area contributed by atoms with Crippen molar-refractivity contribution >= 4 is 11.0 Å². The lowest BCUT2D eigenvalue weighted by Gasteiger charge is -2.14. The van der Waals surface area contributed by atoms with Crippen LogP contribution in [0.2, 0.25) is 0 Å². The van der Waals surface area contributed by atoms with Crippen molar-refractivity contribution in [3.8, 4) is 23.0 Å². The predicted octanol–water partition coefficient (Wildman–Crippen LogP) is 6.33. The first-order valence-electron chi connectivity index (χ1n) is 9.62. The molecule has 0 saturated heterocycles. The first kappa shape index (κ1) is 22.2. The fraction of sp³-hybridized carbons (Fsp3) is 0.125. The molecule has 0 N–H and O–H groups in total. The Morgan fingerprint density at radius 3 is 2.15 bits per heavy atom. The second-order valence-corrected chi connectivity index (χ2v) is 6.94. The Kier molecular flexibility index (Phi) is 5.95. The van der Waals surface area contributed by atoms with Crippen LogP contribution in [0.4, 0.5) is 17.6 Å². The van der Waals surface area contributed by atoms with E-state index in [1.807, 2.05) is 0 Å². The average Bonchev–Trinajstić information content (AvgIpc) is 2.80. The minimum atomic E-state index is -4.99. The van der Waals surface area contributed by atoms with Gasteiger partial charge in [-0.15, -0.1) is 0 Å². The molecule has 4 rings (SSSR count). The van der Waals surface area contributed by atoms with E-state index in [0.29, 0.717) is 11.3 Å². The number of methoxy groups -OCH3 is 1. The Balaban J connectivity index is 1.69. The summed E-state index contributed by atoms with van der Waals surface area (Å²) in [6, 6.07) is 15.2. The summed E-state index contributed by atoms with van der Waals surface area (Å²) in [5.41, 5.74) is -0.646. The van der Waals surface area contributed by atoms with Gasteiger partial charge in [-0.2, -0.15) is 13.2 Å². The van der Waals surface area contributed by atoms with Crippen molar-refractivity contribution in [1.82, 2.24) is 0 Å². The number of ether oxygens (including phenoxy) is 3. The summed E-state index contributed by atoms with van der Waals surface area (Å²) in [6.07, 6.45) is -4.99. The number of rotatable bonds is 6. The summed E-state index contributed by atoms with van der Waals surface area (Å²) in [6.45, 7) is 0.0425. The Hall–Kier alpha value is -4.01. The monoisotopic (exact) mass is 460 g/mol. The molecule has 0 aliphatic carbocycles. The highest BCUT2D eigenvalue weighted by molar-refractivity contribution is 5.79. The van der Waals surface area contributed by atoms with Crippen LogP contribution in [0.15, 0.2) is 75.9 Å². The summed E-state index contributed by atoms with van der Waals surface area (Å²) in [7, 11) is 1.44. The highest BCUT2D eigenvalue weighted by Crippen LogP contribution is 2.38. The van der Waals surface area contributed by atoms with Crippen LogP contribution in [0, 0.1) is 5.82 Å². The molecule has 0 aliphatic heterocycles. The minimum absolute atomic E-state index is 0.00667. The number of hydrogen-bond donors (Lipinski definition) is 0. The fourth-order valence-corrected chi connectivity index (χ4v) is 3.03. The van der Waals surface area contributed by atoms with Crippen molar-refractivity contribution in [1.29, 1.82) is 0 Å². The second kappa shape index (κ2) is 8.85. The summed E-state index contributed by atoms with van der Waals surface area (Å²) in [5.74, 6) is -2.29. The SMILES string of the molecule is COc1ccc(Oc2c(C(F)(F)F)oc3cc(OCc4ccc(F)cc4)ccc3c2=O)cc1. The average molecular weight is 460 g/mol. The van der Waals surface area contributed by atoms with Crippen LogP contribution in [-0.4, -0.2) is 7.11 Å². The van der Waals surface area contributed by atoms with Gasteiger partial charge in [0, 0.05) is 6.07 Å². The van der Waals surface area contributed by atoms with Crippen LogP contribution >= 0.6 is 0 Å². The quantitative estimate of drug-likeness (QED) is 0.315. The van der Waals surface area contributed by atoms with Gasteiger partial charge >= 0.3 is 6.18 Å². The smallest absolute Gasteiger partial charge is 0.453 e. The molecule has 9 heteroatoms. The lowest BCUT2D eigenvalue weighted by Crippen LogP contribution is -2.15. The minimum Gasteiger partial charge on any atom is -0.497 e. The summed E-state index contributed by atoms with van der Waals surface area (Å²) >= 11 is 0. The zero-order chi connectivity index (χ0) is 23.6. The van der Waals surface area contributed by atoms with E-state index in [-0.39, 0.29) is 29.1 Å². The van der Waals surface area contributed by atoms with Crippen molar-refractivity contribution in [2.24, 2.45) is 0 Å². The van der Waals surface area contributed by atoms with Gasteiger partial charge in [-0.25, -0.2) is 4.39 Å². The van der Waals surface area contributed by atoms with Gasteiger partial charge in [0.15, 0.2) is 0 Å². The van der Waals surface area contributed by atoms with Gasteiger partial charge in [0.1, 0.15) is 35.3 Å². The maximum absolute atomic E-state index is 13.7. The molecule has 0 spiro atoms. The lowest BCUT2D eigenvalue weighted by molar-refractivity contribution is -0.154. The van der Waals surface area contributed by atoms with E-state index in [0.717, 1.165) is 0 Å². The number of alkyl halides is 3. The van der Waals surface area contributed by atoms with E-state index in [4.69, 9.17) is 18.6 Å². The van der Waals surface area contributed by atoms with Crippen LogP contribution in [-0.2, 0) is 12.8 Å². The first-order chi connectivity index (χ1) is 15.7. The largest absolute Gasteiger partial charge is 0.497 e. The van der Waals surface area contributed by atoms with Gasteiger partial charge < -0.3 is 18.6 Å². The maximum Gasteiger partial charge on any atom is 0.453 e. The summed E-state index contributed by atoms with van der Waals surface area (Å²) in [5, 5.41) is -0.111. The molecule has 0 fully saturated rings. The van der Waals surface area contributed by atoms with Gasteiger partial charge in [-0.1, -0.05) is 12.1 Å². The molecule has 1 aromatic heterocycles. The second-order valence-electron chi connectivity index (χ2n) is 6.94. The molecule has 0 unspecified atom stereocenters. The third kappa shape index (κ3) is 4.92. The number of benzene rings is 3. The molecule has 0 saturated carbocycles. The van der Waals surface area contributed by atoms with Crippen LogP contribution in [0.3, 0.4) is 0 Å². The molecule has 0 aliphatic rings. The maximum atomic E-state index is 13.7. The molecule has 1 heterocycles. The van der Waals surface area contributed by atoms with E-state index in [9.17, 15) is 22.4 Å². The van der Waals surface area contributed by atoms with Crippen LogP contribution in [0.1, 0.15) is 11.3 Å². The Bertz CT molecular complexity index is 1330. The summed E-state index contributed by atoms with van der Waals surface area (Å²) < 4.78 is 74.9. The van der Waals surface area contributed by atoms with Gasteiger partial charge in [-0.3, -0.25) is 4.79 Å². The third-order valence-electron chi connectivity index (χ3n) is 4.68. The lowest BCUT2D eigenvalue weighted by atomic mass is 10.2. The van der Waals surface area contributed by atoms with Crippen LogP contribution in [0.5, 0.6) is 23.0 Å². The molecule has 0 amide bonds. The van der Waals surface area contributed by atoms with Gasteiger partial charge in [0.05, 0.1) is 12.5 Å². The highest BCUT2D eigenvalue weighted by atomic mass is 19.4. The predicted molar refractivity (Wildman–Crippen MR) is 111 cm³/mol. The fourth-order valence-electron chi connectivity index (χ4n) is 3.03. The highest BCUT2D eigenvalue weighted by Gasteiger charge is 2.40. The molecule has 170 valence electrons. The van der Waals surface area contributed by atoms with Crippen molar-refractivity contribution in [2.75, 3.05) is 7.11 Å². The van der Waals surface area contributed by atoms with E-state index >= 15 is 0 Å². The number of halogens is 4. The molecule has 3 aromatic carbocycles.